The van der Waals surface area contributed by atoms with E-state index >= 15 is 0 Å². The lowest BCUT2D eigenvalue weighted by atomic mass is 10.3. The van der Waals surface area contributed by atoms with Crippen LogP contribution < -0.4 is 5.73 Å². The number of methoxy groups -OCH3 is 2. The molecule has 1 aliphatic rings. The third-order valence-electron chi connectivity index (χ3n) is 2.45. The topological polar surface area (TPSA) is 64.8 Å². The van der Waals surface area contributed by atoms with Crippen molar-refractivity contribution in [3.05, 3.63) is 0 Å². The predicted octanol–water partition coefficient (Wildman–Crippen LogP) is -0.793. The molecule has 0 bridgehead atoms. The molecular weight excluding hydrogens is 184 g/mol. The maximum atomic E-state index is 11.7. The number of carbonyl (C=O) groups is 1. The van der Waals surface area contributed by atoms with Gasteiger partial charge in [-0.2, -0.15) is 0 Å². The van der Waals surface area contributed by atoms with Gasteiger partial charge in [-0.15, -0.1) is 0 Å². The van der Waals surface area contributed by atoms with Crippen molar-refractivity contribution in [1.29, 1.82) is 0 Å². The zero-order valence-corrected chi connectivity index (χ0v) is 8.73. The number of nitrogens with two attached hydrogens (primary N) is 1. The number of hydrogen-bond acceptors (Lipinski definition) is 4. The maximum Gasteiger partial charge on any atom is 0.241 e. The Morgan fingerprint density at radius 2 is 2.36 bits per heavy atom. The van der Waals surface area contributed by atoms with E-state index in [9.17, 15) is 4.79 Å². The van der Waals surface area contributed by atoms with E-state index in [4.69, 9.17) is 15.2 Å². The van der Waals surface area contributed by atoms with Crippen molar-refractivity contribution in [2.45, 2.75) is 18.6 Å². The number of hydrogen-bond donors (Lipinski definition) is 1. The van der Waals surface area contributed by atoms with Gasteiger partial charge in [-0.05, 0) is 6.42 Å². The minimum absolute atomic E-state index is 0.0496. The van der Waals surface area contributed by atoms with Gasteiger partial charge in [0.2, 0.25) is 5.91 Å². The lowest BCUT2D eigenvalue weighted by molar-refractivity contribution is -0.133. The molecule has 0 spiro atoms. The molecule has 2 N–H and O–H groups in total. The number of carbonyl (C=O) groups excluding carboxylic acids is 1. The van der Waals surface area contributed by atoms with Gasteiger partial charge in [0.1, 0.15) is 6.04 Å². The van der Waals surface area contributed by atoms with E-state index in [2.05, 4.69) is 0 Å². The first-order valence-electron chi connectivity index (χ1n) is 4.75. The summed E-state index contributed by atoms with van der Waals surface area (Å²) in [6.07, 6.45) is 1.05. The van der Waals surface area contributed by atoms with Gasteiger partial charge >= 0.3 is 0 Å². The predicted molar refractivity (Wildman–Crippen MR) is 51.8 cm³/mol. The second-order valence-electron chi connectivity index (χ2n) is 3.49. The lowest BCUT2D eigenvalue weighted by Gasteiger charge is -2.20. The molecule has 5 heteroatoms. The first-order valence-corrected chi connectivity index (χ1v) is 4.75. The van der Waals surface area contributed by atoms with Crippen molar-refractivity contribution in [1.82, 2.24) is 4.90 Å². The van der Waals surface area contributed by atoms with E-state index in [-0.39, 0.29) is 18.6 Å². The molecule has 1 rings (SSSR count). The fourth-order valence-corrected chi connectivity index (χ4v) is 1.61. The van der Waals surface area contributed by atoms with Crippen molar-refractivity contribution >= 4 is 5.91 Å². The molecule has 1 heterocycles. The summed E-state index contributed by atoms with van der Waals surface area (Å²) in [5.41, 5.74) is 5.64. The molecule has 1 unspecified atom stereocenters. The molecule has 0 aliphatic carbocycles. The van der Waals surface area contributed by atoms with Gasteiger partial charge in [-0.3, -0.25) is 4.79 Å². The highest BCUT2D eigenvalue weighted by atomic mass is 16.5. The van der Waals surface area contributed by atoms with Crippen LogP contribution in [0.15, 0.2) is 0 Å². The minimum atomic E-state index is -0.546. The molecule has 1 aliphatic heterocycles. The molecule has 0 saturated carbocycles. The molecule has 1 fully saturated rings. The van der Waals surface area contributed by atoms with Crippen LogP contribution in [-0.2, 0) is 14.3 Å². The normalized spacial score (nSPS) is 23.9. The number of rotatable bonds is 4. The van der Waals surface area contributed by atoms with E-state index in [1.807, 2.05) is 0 Å². The van der Waals surface area contributed by atoms with Gasteiger partial charge in [0.15, 0.2) is 0 Å². The highest BCUT2D eigenvalue weighted by molar-refractivity contribution is 5.82. The Hall–Kier alpha value is -0.650. The third kappa shape index (κ3) is 2.67. The molecule has 14 heavy (non-hydrogen) atoms. The van der Waals surface area contributed by atoms with Crippen LogP contribution >= 0.6 is 0 Å². The zero-order chi connectivity index (χ0) is 10.6. The third-order valence-corrected chi connectivity index (χ3v) is 2.45. The summed E-state index contributed by atoms with van der Waals surface area (Å²) >= 11 is 0. The maximum absolute atomic E-state index is 11.7. The van der Waals surface area contributed by atoms with Crippen LogP contribution in [0.5, 0.6) is 0 Å². The Kier molecular flexibility index (Phi) is 4.31. The summed E-state index contributed by atoms with van der Waals surface area (Å²) in [5.74, 6) is -0.0496. The quantitative estimate of drug-likeness (QED) is 0.648. The Labute approximate surface area is 84.1 Å². The summed E-state index contributed by atoms with van der Waals surface area (Å²) in [6.45, 7) is 1.65. The van der Waals surface area contributed by atoms with E-state index in [0.717, 1.165) is 13.0 Å². The Morgan fingerprint density at radius 1 is 1.64 bits per heavy atom. The second-order valence-corrected chi connectivity index (χ2v) is 3.49. The molecule has 82 valence electrons. The van der Waals surface area contributed by atoms with Gasteiger partial charge in [-0.1, -0.05) is 0 Å². The minimum Gasteiger partial charge on any atom is -0.383 e. The van der Waals surface area contributed by atoms with Gasteiger partial charge in [0, 0.05) is 27.3 Å². The van der Waals surface area contributed by atoms with Crippen LogP contribution in [0, 0.1) is 0 Å². The summed E-state index contributed by atoms with van der Waals surface area (Å²) in [6, 6.07) is -0.546. The molecular formula is C9H18N2O3. The zero-order valence-electron chi connectivity index (χ0n) is 8.73. The largest absolute Gasteiger partial charge is 0.383 e. The molecule has 1 saturated heterocycles. The van der Waals surface area contributed by atoms with E-state index in [1.165, 1.54) is 7.11 Å². The number of nitrogens with zero attached hydrogens (tertiary/aromatic N) is 1. The van der Waals surface area contributed by atoms with Crippen LogP contribution in [0.2, 0.25) is 0 Å². The van der Waals surface area contributed by atoms with E-state index in [1.54, 1.807) is 12.0 Å². The standard InChI is InChI=1S/C9H18N2O3/c1-13-6-8(10)9(12)11-4-3-7(5-11)14-2/h7-8H,3-6,10H2,1-2H3/t7-,8?/m1/s1. The van der Waals surface area contributed by atoms with Crippen molar-refractivity contribution < 1.29 is 14.3 Å². The smallest absolute Gasteiger partial charge is 0.241 e. The molecule has 5 nitrogen and oxygen atoms in total. The molecule has 0 aromatic carbocycles. The first kappa shape index (κ1) is 11.4. The summed E-state index contributed by atoms with van der Waals surface area (Å²) in [4.78, 5) is 13.4. The Morgan fingerprint density at radius 3 is 2.86 bits per heavy atom. The fraction of sp³-hybridized carbons (Fsp3) is 0.889. The Bertz CT molecular complexity index is 198. The second kappa shape index (κ2) is 5.29. The van der Waals surface area contributed by atoms with Crippen LogP contribution in [0.3, 0.4) is 0 Å². The summed E-state index contributed by atoms with van der Waals surface area (Å²) < 4.78 is 10.00. The van der Waals surface area contributed by atoms with E-state index < -0.39 is 6.04 Å². The van der Waals surface area contributed by atoms with Crippen LogP contribution in [-0.4, -0.2) is 56.9 Å². The number of amides is 1. The molecule has 0 radical (unpaired) electrons. The van der Waals surface area contributed by atoms with Crippen molar-refractivity contribution in [2.24, 2.45) is 5.73 Å². The monoisotopic (exact) mass is 202 g/mol. The van der Waals surface area contributed by atoms with Crippen molar-refractivity contribution in [2.75, 3.05) is 33.9 Å². The van der Waals surface area contributed by atoms with Crippen LogP contribution in [0.1, 0.15) is 6.42 Å². The number of likely N-dealkylation sites (tertiary alicyclic amines) is 1. The fourth-order valence-electron chi connectivity index (χ4n) is 1.61. The molecule has 0 aromatic rings. The average Bonchev–Trinajstić information content (AvgIpc) is 2.65. The Balaban J connectivity index is 2.38. The van der Waals surface area contributed by atoms with Gasteiger partial charge in [-0.25, -0.2) is 0 Å². The van der Waals surface area contributed by atoms with Crippen LogP contribution in [0.4, 0.5) is 0 Å². The van der Waals surface area contributed by atoms with Crippen LogP contribution in [0.25, 0.3) is 0 Å². The number of ether oxygens (including phenoxy) is 2. The molecule has 1 amide bonds. The SMILES string of the molecule is COCC(N)C(=O)N1CC[C@@H](OC)C1. The highest BCUT2D eigenvalue weighted by Gasteiger charge is 2.28. The molecule has 0 aromatic heterocycles. The first-order chi connectivity index (χ1) is 6.69. The molecule has 2 atom stereocenters. The lowest BCUT2D eigenvalue weighted by Crippen LogP contribution is -2.45. The average molecular weight is 202 g/mol. The van der Waals surface area contributed by atoms with Gasteiger partial charge in [0.05, 0.1) is 12.7 Å². The highest BCUT2D eigenvalue weighted by Crippen LogP contribution is 2.12. The van der Waals surface area contributed by atoms with Crippen molar-refractivity contribution in [3.8, 4) is 0 Å². The van der Waals surface area contributed by atoms with E-state index in [0.29, 0.717) is 6.54 Å². The van der Waals surface area contributed by atoms with Gasteiger partial charge < -0.3 is 20.1 Å². The summed E-state index contributed by atoms with van der Waals surface area (Å²) in [5, 5.41) is 0. The summed E-state index contributed by atoms with van der Waals surface area (Å²) in [7, 11) is 3.20. The van der Waals surface area contributed by atoms with Crippen molar-refractivity contribution in [3.63, 3.8) is 0 Å². The van der Waals surface area contributed by atoms with Gasteiger partial charge in [0.25, 0.3) is 0 Å².